The Balaban J connectivity index is 2.64. The number of hydrogen-bond donors (Lipinski definition) is 1. The first-order valence-corrected chi connectivity index (χ1v) is 6.40. The number of carbonyl (C=O) groups is 2. The van der Waals surface area contributed by atoms with Crippen LogP contribution in [0.1, 0.15) is 20.3 Å². The Morgan fingerprint density at radius 3 is 2.63 bits per heavy atom. The summed E-state index contributed by atoms with van der Waals surface area (Å²) in [5.74, 6) is -0.991. The molecule has 6 heteroatoms. The Morgan fingerprint density at radius 1 is 1.53 bits per heavy atom. The number of aliphatic carboxylic acids is 1. The molecule has 1 aliphatic heterocycles. The molecule has 0 bridgehead atoms. The van der Waals surface area contributed by atoms with Crippen LogP contribution in [0, 0.1) is 0 Å². The molecule has 0 aromatic rings. The maximum atomic E-state index is 12.3. The summed E-state index contributed by atoms with van der Waals surface area (Å²) in [4.78, 5) is 26.1. The number of rotatable bonds is 5. The Morgan fingerprint density at radius 2 is 2.21 bits per heavy atom. The van der Waals surface area contributed by atoms with Gasteiger partial charge in [-0.15, -0.1) is 0 Å². The van der Waals surface area contributed by atoms with Crippen LogP contribution in [0.3, 0.4) is 0 Å². The first-order valence-electron chi connectivity index (χ1n) is 6.40. The van der Waals surface area contributed by atoms with Crippen molar-refractivity contribution in [3.05, 3.63) is 11.6 Å². The standard InChI is InChI=1S/C13H22N2O4/c1-10(2)15(8-12(16)17)13(18)14-6-4-11(5-7-14)9-19-3/h4,10H,5-9H2,1-3H3,(H,16,17). The van der Waals surface area contributed by atoms with E-state index in [0.717, 1.165) is 6.42 Å². The van der Waals surface area contributed by atoms with Gasteiger partial charge >= 0.3 is 12.0 Å². The van der Waals surface area contributed by atoms with Crippen LogP contribution in [0.5, 0.6) is 0 Å². The fraction of sp³-hybridized carbons (Fsp3) is 0.692. The highest BCUT2D eigenvalue weighted by atomic mass is 16.5. The summed E-state index contributed by atoms with van der Waals surface area (Å²) in [7, 11) is 1.64. The zero-order chi connectivity index (χ0) is 14.4. The van der Waals surface area contributed by atoms with Gasteiger partial charge in [-0.2, -0.15) is 0 Å². The van der Waals surface area contributed by atoms with Crippen LogP contribution in [0.25, 0.3) is 0 Å². The largest absolute Gasteiger partial charge is 0.480 e. The van der Waals surface area contributed by atoms with Crippen molar-refractivity contribution in [2.75, 3.05) is 33.4 Å². The van der Waals surface area contributed by atoms with Gasteiger partial charge in [-0.05, 0) is 25.8 Å². The normalized spacial score (nSPS) is 15.4. The Hall–Kier alpha value is -1.56. The fourth-order valence-corrected chi connectivity index (χ4v) is 2.00. The molecule has 0 unspecified atom stereocenters. The van der Waals surface area contributed by atoms with Gasteiger partial charge in [-0.25, -0.2) is 4.79 Å². The molecule has 2 amide bonds. The molecular formula is C13H22N2O4. The van der Waals surface area contributed by atoms with Crippen molar-refractivity contribution in [1.29, 1.82) is 0 Å². The quantitative estimate of drug-likeness (QED) is 0.762. The SMILES string of the molecule is COCC1=CCN(C(=O)N(CC(=O)O)C(C)C)CC1. The minimum Gasteiger partial charge on any atom is -0.480 e. The maximum absolute atomic E-state index is 12.3. The minimum absolute atomic E-state index is 0.132. The van der Waals surface area contributed by atoms with Crippen molar-refractivity contribution in [2.45, 2.75) is 26.3 Å². The van der Waals surface area contributed by atoms with E-state index in [9.17, 15) is 9.59 Å². The Bertz CT molecular complexity index is 366. The zero-order valence-electron chi connectivity index (χ0n) is 11.8. The second kappa shape index (κ2) is 7.13. The number of nitrogens with zero attached hydrogens (tertiary/aromatic N) is 2. The molecule has 108 valence electrons. The van der Waals surface area contributed by atoms with Gasteiger partial charge in [0.25, 0.3) is 0 Å². The summed E-state index contributed by atoms with van der Waals surface area (Å²) in [5, 5.41) is 8.85. The average molecular weight is 270 g/mol. The van der Waals surface area contributed by atoms with Gasteiger partial charge < -0.3 is 19.6 Å². The lowest BCUT2D eigenvalue weighted by Crippen LogP contribution is -2.49. The van der Waals surface area contributed by atoms with E-state index < -0.39 is 5.97 Å². The number of ether oxygens (including phenoxy) is 1. The molecule has 0 fully saturated rings. The van der Waals surface area contributed by atoms with Crippen LogP contribution in [0.2, 0.25) is 0 Å². The monoisotopic (exact) mass is 270 g/mol. The van der Waals surface area contributed by atoms with Crippen molar-refractivity contribution in [3.63, 3.8) is 0 Å². The number of carbonyl (C=O) groups excluding carboxylic acids is 1. The van der Waals surface area contributed by atoms with E-state index in [1.807, 2.05) is 19.9 Å². The summed E-state index contributed by atoms with van der Waals surface area (Å²) in [6.07, 6.45) is 2.75. The van der Waals surface area contributed by atoms with Gasteiger partial charge in [0.1, 0.15) is 6.54 Å². The van der Waals surface area contributed by atoms with Gasteiger partial charge in [-0.1, -0.05) is 6.08 Å². The molecule has 0 atom stereocenters. The zero-order valence-corrected chi connectivity index (χ0v) is 11.8. The predicted molar refractivity (Wildman–Crippen MR) is 71.0 cm³/mol. The third kappa shape index (κ3) is 4.55. The van der Waals surface area contributed by atoms with Crippen molar-refractivity contribution >= 4 is 12.0 Å². The molecule has 1 heterocycles. The average Bonchev–Trinajstić information content (AvgIpc) is 2.36. The highest BCUT2D eigenvalue weighted by Crippen LogP contribution is 2.14. The third-order valence-corrected chi connectivity index (χ3v) is 3.08. The van der Waals surface area contributed by atoms with Gasteiger partial charge in [0.2, 0.25) is 0 Å². The molecule has 1 N–H and O–H groups in total. The summed E-state index contributed by atoms with van der Waals surface area (Å²) < 4.78 is 5.06. The van der Waals surface area contributed by atoms with E-state index in [-0.39, 0.29) is 18.6 Å². The second-order valence-electron chi connectivity index (χ2n) is 4.89. The molecule has 0 aromatic carbocycles. The Labute approximate surface area is 113 Å². The molecule has 6 nitrogen and oxygen atoms in total. The molecule has 0 saturated heterocycles. The van der Waals surface area contributed by atoms with Crippen LogP contribution in [0.4, 0.5) is 4.79 Å². The van der Waals surface area contributed by atoms with Crippen molar-refractivity contribution in [1.82, 2.24) is 9.80 Å². The lowest BCUT2D eigenvalue weighted by Gasteiger charge is -2.33. The number of urea groups is 1. The van der Waals surface area contributed by atoms with E-state index in [4.69, 9.17) is 9.84 Å². The van der Waals surface area contributed by atoms with Crippen LogP contribution >= 0.6 is 0 Å². The minimum atomic E-state index is -0.991. The highest BCUT2D eigenvalue weighted by molar-refractivity contribution is 5.80. The van der Waals surface area contributed by atoms with Crippen molar-refractivity contribution < 1.29 is 19.4 Å². The number of carboxylic acids is 1. The Kier molecular flexibility index (Phi) is 5.82. The number of carboxylic acid groups (broad SMARTS) is 1. The predicted octanol–water partition coefficient (Wildman–Crippen LogP) is 1.18. The first-order chi connectivity index (χ1) is 8.95. The molecule has 19 heavy (non-hydrogen) atoms. The summed E-state index contributed by atoms with van der Waals surface area (Å²) >= 11 is 0. The molecule has 1 rings (SSSR count). The molecule has 0 spiro atoms. The summed E-state index contributed by atoms with van der Waals surface area (Å²) in [6, 6.07) is -0.349. The number of amides is 2. The third-order valence-electron chi connectivity index (χ3n) is 3.08. The maximum Gasteiger partial charge on any atom is 0.323 e. The van der Waals surface area contributed by atoms with Crippen molar-refractivity contribution in [3.8, 4) is 0 Å². The van der Waals surface area contributed by atoms with Crippen LogP contribution < -0.4 is 0 Å². The lowest BCUT2D eigenvalue weighted by atomic mass is 10.1. The molecule has 0 saturated carbocycles. The van der Waals surface area contributed by atoms with E-state index in [1.54, 1.807) is 12.0 Å². The molecule has 0 aliphatic carbocycles. The van der Waals surface area contributed by atoms with Crippen LogP contribution in [0.15, 0.2) is 11.6 Å². The lowest BCUT2D eigenvalue weighted by molar-refractivity contribution is -0.138. The van der Waals surface area contributed by atoms with Crippen molar-refractivity contribution in [2.24, 2.45) is 0 Å². The highest BCUT2D eigenvalue weighted by Gasteiger charge is 2.26. The molecule has 0 aromatic heterocycles. The molecular weight excluding hydrogens is 248 g/mol. The van der Waals surface area contributed by atoms with E-state index >= 15 is 0 Å². The summed E-state index contributed by atoms with van der Waals surface area (Å²) in [6.45, 7) is 5.08. The van der Waals surface area contributed by atoms with E-state index in [2.05, 4.69) is 0 Å². The topological polar surface area (TPSA) is 70.1 Å². The van der Waals surface area contributed by atoms with Gasteiger partial charge in [0.05, 0.1) is 6.61 Å². The smallest absolute Gasteiger partial charge is 0.323 e. The van der Waals surface area contributed by atoms with Gasteiger partial charge in [0.15, 0.2) is 0 Å². The van der Waals surface area contributed by atoms with E-state index in [0.29, 0.717) is 19.7 Å². The van der Waals surface area contributed by atoms with E-state index in [1.165, 1.54) is 10.5 Å². The van der Waals surface area contributed by atoms with Gasteiger partial charge in [0, 0.05) is 26.2 Å². The first kappa shape index (κ1) is 15.5. The number of methoxy groups -OCH3 is 1. The van der Waals surface area contributed by atoms with Crippen LogP contribution in [-0.4, -0.2) is 66.3 Å². The van der Waals surface area contributed by atoms with Crippen LogP contribution in [-0.2, 0) is 9.53 Å². The molecule has 0 radical (unpaired) electrons. The summed E-state index contributed by atoms with van der Waals surface area (Å²) in [5.41, 5.74) is 1.18. The molecule has 1 aliphatic rings. The fourth-order valence-electron chi connectivity index (χ4n) is 2.00. The van der Waals surface area contributed by atoms with Gasteiger partial charge in [-0.3, -0.25) is 4.79 Å². The number of hydrogen-bond acceptors (Lipinski definition) is 3. The second-order valence-corrected chi connectivity index (χ2v) is 4.89.